The first-order valence-electron chi connectivity index (χ1n) is 8.74. The molecule has 0 atom stereocenters. The molecule has 4 rings (SSSR count). The minimum absolute atomic E-state index is 0.0108. The molecule has 1 saturated carbocycles. The Kier molecular flexibility index (Phi) is 4.91. The molecule has 3 aromatic rings. The van der Waals surface area contributed by atoms with Gasteiger partial charge in [0.25, 0.3) is 0 Å². The molecule has 1 aromatic carbocycles. The first-order valence-corrected chi connectivity index (χ1v) is 11.0. The van der Waals surface area contributed by atoms with Gasteiger partial charge in [0.2, 0.25) is 16.0 Å². The Morgan fingerprint density at radius 1 is 1.28 bits per heavy atom. The highest BCUT2D eigenvalue weighted by Gasteiger charge is 2.32. The fraction of sp³-hybridized carbons (Fsp3) is 0.278. The van der Waals surface area contributed by atoms with Crippen LogP contribution in [0.4, 0.5) is 16.0 Å². The molecule has 2 aromatic heterocycles. The number of hydrogen-bond donors (Lipinski definition) is 2. The van der Waals surface area contributed by atoms with Gasteiger partial charge in [0.1, 0.15) is 17.2 Å². The van der Waals surface area contributed by atoms with Crippen LogP contribution in [0.5, 0.6) is 0 Å². The van der Waals surface area contributed by atoms with Gasteiger partial charge < -0.3 is 9.73 Å². The number of benzene rings is 1. The number of rotatable bonds is 6. The number of nitrogens with zero attached hydrogens (tertiary/aromatic N) is 3. The fourth-order valence-electron chi connectivity index (χ4n) is 2.84. The lowest BCUT2D eigenvalue weighted by Crippen LogP contribution is -2.10. The Labute approximate surface area is 171 Å². The molecule has 1 aliphatic rings. The predicted molar refractivity (Wildman–Crippen MR) is 108 cm³/mol. The van der Waals surface area contributed by atoms with Gasteiger partial charge in [0.05, 0.1) is 17.0 Å². The molecule has 0 spiro atoms. The number of oxazole rings is 1. The summed E-state index contributed by atoms with van der Waals surface area (Å²) in [5.41, 5.74) is 0.850. The molecule has 1 aliphatic carbocycles. The van der Waals surface area contributed by atoms with Crippen LogP contribution in [-0.4, -0.2) is 36.7 Å². The summed E-state index contributed by atoms with van der Waals surface area (Å²) in [6.45, 7) is 0. The van der Waals surface area contributed by atoms with Crippen LogP contribution in [0.1, 0.15) is 24.7 Å². The van der Waals surface area contributed by atoms with E-state index in [2.05, 4.69) is 25.0 Å². The monoisotopic (exact) mass is 437 g/mol. The SMILES string of the molecule is CNc1nccc(-c2oc(C3CC3)nc2-c2cc(F)cc(NS(C)(=O)=O)c2Cl)n1. The predicted octanol–water partition coefficient (Wildman–Crippen LogP) is 3.88. The molecule has 0 saturated heterocycles. The normalized spacial score (nSPS) is 14.1. The molecule has 2 heterocycles. The molecule has 2 N–H and O–H groups in total. The van der Waals surface area contributed by atoms with Gasteiger partial charge in [-0.05, 0) is 31.0 Å². The van der Waals surface area contributed by atoms with Gasteiger partial charge in [0.15, 0.2) is 11.7 Å². The lowest BCUT2D eigenvalue weighted by molar-refractivity contribution is 0.508. The van der Waals surface area contributed by atoms with E-state index in [0.717, 1.165) is 25.2 Å². The van der Waals surface area contributed by atoms with Gasteiger partial charge in [0, 0.05) is 24.7 Å². The summed E-state index contributed by atoms with van der Waals surface area (Å²) in [7, 11) is -1.98. The van der Waals surface area contributed by atoms with Crippen molar-refractivity contribution in [3.05, 3.63) is 41.1 Å². The van der Waals surface area contributed by atoms with E-state index in [1.165, 1.54) is 6.07 Å². The number of halogens is 2. The van der Waals surface area contributed by atoms with Crippen LogP contribution < -0.4 is 10.0 Å². The van der Waals surface area contributed by atoms with Gasteiger partial charge in [-0.1, -0.05) is 11.6 Å². The second kappa shape index (κ2) is 7.27. The van der Waals surface area contributed by atoms with E-state index < -0.39 is 15.8 Å². The largest absolute Gasteiger partial charge is 0.438 e. The lowest BCUT2D eigenvalue weighted by Gasteiger charge is -2.11. The average molecular weight is 438 g/mol. The van der Waals surface area contributed by atoms with E-state index in [9.17, 15) is 12.8 Å². The van der Waals surface area contributed by atoms with Crippen LogP contribution in [0, 0.1) is 5.82 Å². The zero-order chi connectivity index (χ0) is 20.8. The Morgan fingerprint density at radius 2 is 2.03 bits per heavy atom. The Bertz CT molecular complexity index is 1190. The first kappa shape index (κ1) is 19.6. The van der Waals surface area contributed by atoms with Crippen LogP contribution >= 0.6 is 11.6 Å². The van der Waals surface area contributed by atoms with E-state index in [1.807, 2.05) is 0 Å². The van der Waals surface area contributed by atoms with E-state index in [4.69, 9.17) is 16.0 Å². The van der Waals surface area contributed by atoms with E-state index in [-0.39, 0.29) is 27.9 Å². The molecular formula is C18H17ClFN5O3S. The standard InChI is InChI=1S/C18H17ClFN5O3S/c1-21-18-22-6-5-12(23-18)16-15(24-17(28-16)9-3-4-9)11-7-10(20)8-13(14(11)19)25-29(2,26)27/h5-9,25H,3-4H2,1-2H3,(H,21,22,23). The van der Waals surface area contributed by atoms with Gasteiger partial charge in [-0.15, -0.1) is 0 Å². The van der Waals surface area contributed by atoms with Crippen LogP contribution in [0.25, 0.3) is 22.7 Å². The molecule has 0 aliphatic heterocycles. The van der Waals surface area contributed by atoms with Crippen molar-refractivity contribution >= 4 is 33.3 Å². The third-order valence-electron chi connectivity index (χ3n) is 4.27. The molecule has 0 radical (unpaired) electrons. The van der Waals surface area contributed by atoms with E-state index in [1.54, 1.807) is 19.3 Å². The fourth-order valence-corrected chi connectivity index (χ4v) is 3.70. The van der Waals surface area contributed by atoms with Gasteiger partial charge >= 0.3 is 0 Å². The van der Waals surface area contributed by atoms with Gasteiger partial charge in [-0.3, -0.25) is 4.72 Å². The van der Waals surface area contributed by atoms with Gasteiger partial charge in [-0.2, -0.15) is 0 Å². The quantitative estimate of drug-likeness (QED) is 0.602. The number of nitrogens with one attached hydrogen (secondary N) is 2. The Morgan fingerprint density at radius 3 is 2.69 bits per heavy atom. The van der Waals surface area contributed by atoms with Crippen LogP contribution in [-0.2, 0) is 10.0 Å². The summed E-state index contributed by atoms with van der Waals surface area (Å²) in [5.74, 6) is 0.717. The Balaban J connectivity index is 1.91. The molecule has 0 unspecified atom stereocenters. The molecule has 0 amide bonds. The molecule has 152 valence electrons. The maximum Gasteiger partial charge on any atom is 0.229 e. The summed E-state index contributed by atoms with van der Waals surface area (Å²) in [5, 5.41) is 2.86. The topological polar surface area (TPSA) is 110 Å². The van der Waals surface area contributed by atoms with Crippen LogP contribution in [0.3, 0.4) is 0 Å². The smallest absolute Gasteiger partial charge is 0.229 e. The summed E-state index contributed by atoms with van der Waals surface area (Å²) >= 11 is 6.42. The van der Waals surface area contributed by atoms with Crippen molar-refractivity contribution in [1.82, 2.24) is 15.0 Å². The molecule has 29 heavy (non-hydrogen) atoms. The zero-order valence-electron chi connectivity index (χ0n) is 15.5. The van der Waals surface area contributed by atoms with Crippen molar-refractivity contribution in [3.8, 4) is 22.7 Å². The average Bonchev–Trinajstić information content (AvgIpc) is 3.42. The van der Waals surface area contributed by atoms with Crippen molar-refractivity contribution in [2.24, 2.45) is 0 Å². The number of aromatic nitrogens is 3. The third kappa shape index (κ3) is 4.18. The maximum atomic E-state index is 14.3. The van der Waals surface area contributed by atoms with E-state index >= 15 is 0 Å². The van der Waals surface area contributed by atoms with Crippen LogP contribution in [0.2, 0.25) is 5.02 Å². The van der Waals surface area contributed by atoms with Gasteiger partial charge in [-0.25, -0.2) is 27.8 Å². The number of anilines is 2. The Hall–Kier alpha value is -2.72. The maximum absolute atomic E-state index is 14.3. The summed E-state index contributed by atoms with van der Waals surface area (Å²) < 4.78 is 45.7. The summed E-state index contributed by atoms with van der Waals surface area (Å²) in [6, 6.07) is 3.84. The van der Waals surface area contributed by atoms with Crippen molar-refractivity contribution in [2.45, 2.75) is 18.8 Å². The minimum atomic E-state index is -3.66. The second-order valence-electron chi connectivity index (χ2n) is 6.71. The van der Waals surface area contributed by atoms with E-state index in [0.29, 0.717) is 23.3 Å². The number of sulfonamides is 1. The van der Waals surface area contributed by atoms with Crippen LogP contribution in [0.15, 0.2) is 28.8 Å². The zero-order valence-corrected chi connectivity index (χ0v) is 17.1. The van der Waals surface area contributed by atoms with Crippen molar-refractivity contribution in [3.63, 3.8) is 0 Å². The number of hydrogen-bond acceptors (Lipinski definition) is 7. The molecule has 11 heteroatoms. The molecule has 8 nitrogen and oxygen atoms in total. The highest BCUT2D eigenvalue weighted by atomic mass is 35.5. The van der Waals surface area contributed by atoms with Crippen molar-refractivity contribution in [1.29, 1.82) is 0 Å². The first-order chi connectivity index (χ1) is 13.7. The minimum Gasteiger partial charge on any atom is -0.438 e. The molecular weight excluding hydrogens is 421 g/mol. The molecule has 1 fully saturated rings. The van der Waals surface area contributed by atoms with Crippen molar-refractivity contribution in [2.75, 3.05) is 23.3 Å². The second-order valence-corrected chi connectivity index (χ2v) is 8.84. The summed E-state index contributed by atoms with van der Waals surface area (Å²) in [4.78, 5) is 13.0. The third-order valence-corrected chi connectivity index (χ3v) is 5.27. The summed E-state index contributed by atoms with van der Waals surface area (Å²) in [6.07, 6.45) is 4.41. The lowest BCUT2D eigenvalue weighted by atomic mass is 10.1. The molecule has 0 bridgehead atoms. The van der Waals surface area contributed by atoms with Crippen molar-refractivity contribution < 1.29 is 17.2 Å². The highest BCUT2D eigenvalue weighted by Crippen LogP contribution is 2.45. The highest BCUT2D eigenvalue weighted by molar-refractivity contribution is 7.92.